The van der Waals surface area contributed by atoms with E-state index in [1.54, 1.807) is 18.4 Å². The van der Waals surface area contributed by atoms with Crippen molar-refractivity contribution in [2.24, 2.45) is 0 Å². The van der Waals surface area contributed by atoms with Crippen LogP contribution in [-0.4, -0.2) is 29.9 Å². The zero-order valence-electron chi connectivity index (χ0n) is 9.21. The highest BCUT2D eigenvalue weighted by molar-refractivity contribution is 7.98. The Labute approximate surface area is 113 Å². The highest BCUT2D eigenvalue weighted by Crippen LogP contribution is 2.18. The fourth-order valence-electron chi connectivity index (χ4n) is 1.20. The van der Waals surface area contributed by atoms with E-state index in [0.29, 0.717) is 10.2 Å². The summed E-state index contributed by atoms with van der Waals surface area (Å²) in [4.78, 5) is 4.00. The van der Waals surface area contributed by atoms with Crippen LogP contribution in [0.5, 0.6) is 0 Å². The number of halogens is 1. The van der Waals surface area contributed by atoms with E-state index in [0.717, 1.165) is 0 Å². The lowest BCUT2D eigenvalue weighted by Crippen LogP contribution is -2.13. The van der Waals surface area contributed by atoms with Crippen LogP contribution in [0.25, 0.3) is 0 Å². The summed E-state index contributed by atoms with van der Waals surface area (Å²) in [5, 5.41) is 7.10. The number of nitrogens with zero attached hydrogens (tertiary/aromatic N) is 2. The fraction of sp³-hybridized carbons (Fsp3) is 0.111. The summed E-state index contributed by atoms with van der Waals surface area (Å²) >= 11 is 7.05. The highest BCUT2D eigenvalue weighted by atomic mass is 35.5. The molecule has 0 aliphatic carbocycles. The van der Waals surface area contributed by atoms with E-state index in [1.165, 1.54) is 23.9 Å². The van der Waals surface area contributed by atoms with Gasteiger partial charge in [0.2, 0.25) is 11.1 Å². The first kappa shape index (κ1) is 13.2. The van der Waals surface area contributed by atoms with Gasteiger partial charge in [0.15, 0.2) is 0 Å². The van der Waals surface area contributed by atoms with Gasteiger partial charge in [0.05, 0.1) is 4.90 Å². The van der Waals surface area contributed by atoms with Crippen molar-refractivity contribution in [3.63, 3.8) is 0 Å². The van der Waals surface area contributed by atoms with Crippen LogP contribution in [0.4, 0.5) is 5.95 Å². The summed E-state index contributed by atoms with van der Waals surface area (Å²) in [5.41, 5.74) is 0. The first-order valence-corrected chi connectivity index (χ1v) is 7.84. The number of nitrogens with one attached hydrogen (secondary N) is 2. The summed E-state index contributed by atoms with van der Waals surface area (Å²) < 4.78 is 26.3. The van der Waals surface area contributed by atoms with Gasteiger partial charge in [-0.15, -0.1) is 5.10 Å². The van der Waals surface area contributed by atoms with Gasteiger partial charge in [-0.1, -0.05) is 29.4 Å². The van der Waals surface area contributed by atoms with Gasteiger partial charge in [-0.2, -0.15) is 4.98 Å². The molecule has 0 amide bonds. The summed E-state index contributed by atoms with van der Waals surface area (Å²) in [7, 11) is -3.71. The molecule has 0 unspecified atom stereocenters. The third-order valence-corrected chi connectivity index (χ3v) is 4.10. The van der Waals surface area contributed by atoms with E-state index >= 15 is 0 Å². The standard InChI is InChI=1S/C9H9ClN4O2S2/c1-17-9-11-8(12-13-9)14-18(15,16)7-4-2-3-6(10)5-7/h2-5H,1H3,(H2,11,12,13,14). The molecule has 0 fully saturated rings. The molecule has 9 heteroatoms. The van der Waals surface area contributed by atoms with E-state index < -0.39 is 10.0 Å². The van der Waals surface area contributed by atoms with Gasteiger partial charge < -0.3 is 0 Å². The van der Waals surface area contributed by atoms with E-state index in [1.807, 2.05) is 0 Å². The zero-order chi connectivity index (χ0) is 13.2. The molecule has 0 bridgehead atoms. The fourth-order valence-corrected chi connectivity index (χ4v) is 2.78. The van der Waals surface area contributed by atoms with Crippen molar-refractivity contribution in [3.05, 3.63) is 29.3 Å². The molecule has 2 aromatic rings. The second-order valence-corrected chi connectivity index (χ2v) is 6.13. The average Bonchev–Trinajstić information content (AvgIpc) is 2.76. The van der Waals surface area contributed by atoms with Gasteiger partial charge in [0.1, 0.15) is 0 Å². The van der Waals surface area contributed by atoms with Crippen molar-refractivity contribution in [1.82, 2.24) is 15.2 Å². The molecule has 6 nitrogen and oxygen atoms in total. The van der Waals surface area contributed by atoms with Crippen molar-refractivity contribution in [1.29, 1.82) is 0 Å². The van der Waals surface area contributed by atoms with Gasteiger partial charge in [0, 0.05) is 5.02 Å². The average molecular weight is 305 g/mol. The number of thioether (sulfide) groups is 1. The number of rotatable bonds is 4. The molecule has 2 rings (SSSR count). The molecular weight excluding hydrogens is 296 g/mol. The lowest BCUT2D eigenvalue weighted by Gasteiger charge is -2.04. The van der Waals surface area contributed by atoms with Crippen LogP contribution in [0.15, 0.2) is 34.3 Å². The largest absolute Gasteiger partial charge is 0.264 e. The predicted octanol–water partition coefficient (Wildman–Crippen LogP) is 1.98. The molecule has 1 aromatic heterocycles. The predicted molar refractivity (Wildman–Crippen MR) is 70.4 cm³/mol. The molecule has 96 valence electrons. The van der Waals surface area contributed by atoms with E-state index in [2.05, 4.69) is 19.9 Å². The Bertz CT molecular complexity index is 656. The number of hydrogen-bond acceptors (Lipinski definition) is 5. The molecular formula is C9H9ClN4O2S2. The monoisotopic (exact) mass is 304 g/mol. The Balaban J connectivity index is 2.27. The number of hydrogen-bond donors (Lipinski definition) is 2. The van der Waals surface area contributed by atoms with Crippen LogP contribution in [-0.2, 0) is 10.0 Å². The van der Waals surface area contributed by atoms with Crippen molar-refractivity contribution < 1.29 is 8.42 Å². The number of H-pyrrole nitrogens is 1. The number of aromatic nitrogens is 3. The molecule has 0 aliphatic heterocycles. The van der Waals surface area contributed by atoms with Crippen molar-refractivity contribution in [3.8, 4) is 0 Å². The highest BCUT2D eigenvalue weighted by Gasteiger charge is 2.16. The normalized spacial score (nSPS) is 11.4. The van der Waals surface area contributed by atoms with Crippen LogP contribution < -0.4 is 4.72 Å². The minimum atomic E-state index is -3.71. The van der Waals surface area contributed by atoms with Crippen LogP contribution in [0.3, 0.4) is 0 Å². The minimum Gasteiger partial charge on any atom is -0.248 e. The van der Waals surface area contributed by atoms with Crippen LogP contribution in [0, 0.1) is 0 Å². The summed E-state index contributed by atoms with van der Waals surface area (Å²) in [5.74, 6) is 0.0688. The van der Waals surface area contributed by atoms with Gasteiger partial charge in [-0.3, -0.25) is 0 Å². The van der Waals surface area contributed by atoms with Crippen LogP contribution in [0.2, 0.25) is 5.02 Å². The Morgan fingerprint density at radius 2 is 2.22 bits per heavy atom. The van der Waals surface area contributed by atoms with Gasteiger partial charge >= 0.3 is 0 Å². The maximum absolute atomic E-state index is 12.0. The van der Waals surface area contributed by atoms with Crippen molar-refractivity contribution >= 4 is 39.3 Å². The molecule has 0 aliphatic rings. The molecule has 0 spiro atoms. The van der Waals surface area contributed by atoms with Crippen LogP contribution >= 0.6 is 23.4 Å². The lowest BCUT2D eigenvalue weighted by molar-refractivity contribution is 0.601. The van der Waals surface area contributed by atoms with Gasteiger partial charge in [0.25, 0.3) is 10.0 Å². The van der Waals surface area contributed by atoms with Crippen molar-refractivity contribution in [2.45, 2.75) is 10.1 Å². The van der Waals surface area contributed by atoms with E-state index in [4.69, 9.17) is 11.6 Å². The first-order chi connectivity index (χ1) is 8.51. The van der Waals surface area contributed by atoms with E-state index in [-0.39, 0.29) is 10.8 Å². The zero-order valence-corrected chi connectivity index (χ0v) is 11.6. The van der Waals surface area contributed by atoms with Crippen LogP contribution in [0.1, 0.15) is 0 Å². The lowest BCUT2D eigenvalue weighted by atomic mass is 10.4. The van der Waals surface area contributed by atoms with Gasteiger partial charge in [-0.25, -0.2) is 18.2 Å². The van der Waals surface area contributed by atoms with E-state index in [9.17, 15) is 8.42 Å². The Morgan fingerprint density at radius 3 is 2.83 bits per heavy atom. The third-order valence-electron chi connectivity index (χ3n) is 1.98. The van der Waals surface area contributed by atoms with Crippen molar-refractivity contribution in [2.75, 3.05) is 11.0 Å². The molecule has 0 saturated heterocycles. The molecule has 1 aromatic carbocycles. The molecule has 1 heterocycles. The Hall–Kier alpha value is -1.25. The smallest absolute Gasteiger partial charge is 0.248 e. The second-order valence-electron chi connectivity index (χ2n) is 3.23. The Morgan fingerprint density at radius 1 is 1.44 bits per heavy atom. The maximum Gasteiger partial charge on any atom is 0.264 e. The molecule has 0 atom stereocenters. The number of aromatic amines is 1. The summed E-state index contributed by atoms with van der Waals surface area (Å²) in [6, 6.07) is 5.96. The SMILES string of the molecule is CSc1n[nH]c(NS(=O)(=O)c2cccc(Cl)c2)n1. The first-order valence-electron chi connectivity index (χ1n) is 4.76. The topological polar surface area (TPSA) is 87.7 Å². The quantitative estimate of drug-likeness (QED) is 0.843. The summed E-state index contributed by atoms with van der Waals surface area (Å²) in [6.07, 6.45) is 1.79. The molecule has 18 heavy (non-hydrogen) atoms. The molecule has 0 radical (unpaired) electrons. The number of anilines is 1. The van der Waals surface area contributed by atoms with Gasteiger partial charge in [-0.05, 0) is 24.5 Å². The third kappa shape index (κ3) is 2.95. The molecule has 0 saturated carbocycles. The number of sulfonamides is 1. The minimum absolute atomic E-state index is 0.0668. The molecule has 2 N–H and O–H groups in total. The second kappa shape index (κ2) is 5.17. The Kier molecular flexibility index (Phi) is 3.79. The summed E-state index contributed by atoms with van der Waals surface area (Å²) in [6.45, 7) is 0. The maximum atomic E-state index is 12.0. The number of benzene rings is 1.